The zero-order chi connectivity index (χ0) is 16.7. The van der Waals surface area contributed by atoms with Crippen LogP contribution in [0.5, 0.6) is 0 Å². The van der Waals surface area contributed by atoms with Crippen LogP contribution in [0.4, 0.5) is 4.39 Å². The first kappa shape index (κ1) is 14.5. The number of fused-ring (bicyclic) bond motifs is 1. The summed E-state index contributed by atoms with van der Waals surface area (Å²) in [7, 11) is 0. The van der Waals surface area contributed by atoms with E-state index in [1.807, 2.05) is 24.7 Å². The Morgan fingerprint density at radius 1 is 0.958 bits per heavy atom. The van der Waals surface area contributed by atoms with Gasteiger partial charge in [-0.2, -0.15) is 5.10 Å². The Morgan fingerprint density at radius 2 is 1.75 bits per heavy atom. The first-order valence-corrected chi connectivity index (χ1v) is 7.65. The van der Waals surface area contributed by atoms with Gasteiger partial charge in [-0.05, 0) is 55.8 Å². The van der Waals surface area contributed by atoms with Crippen molar-refractivity contribution in [2.24, 2.45) is 0 Å². The average Bonchev–Trinajstić information content (AvgIpc) is 2.97. The molecule has 0 aliphatic carbocycles. The molecular formula is C19H15FN4. The normalized spacial score (nSPS) is 11.1. The molecule has 0 aliphatic heterocycles. The largest absolute Gasteiger partial charge is 0.261 e. The summed E-state index contributed by atoms with van der Waals surface area (Å²) >= 11 is 0. The molecule has 0 fully saturated rings. The molecule has 4 nitrogen and oxygen atoms in total. The summed E-state index contributed by atoms with van der Waals surface area (Å²) < 4.78 is 15.0. The number of hydrogen-bond acceptors (Lipinski definition) is 3. The molecule has 0 unspecified atom stereocenters. The van der Waals surface area contributed by atoms with Crippen LogP contribution >= 0.6 is 0 Å². The second kappa shape index (κ2) is 5.53. The predicted molar refractivity (Wildman–Crippen MR) is 91.5 cm³/mol. The van der Waals surface area contributed by atoms with E-state index in [0.29, 0.717) is 0 Å². The minimum atomic E-state index is -0.258. The SMILES string of the molecule is Cc1cncc(-c2cc3cnn(-c4ccc(F)cc4)c3cc2C)n1. The molecular weight excluding hydrogens is 303 g/mol. The van der Waals surface area contributed by atoms with Crippen molar-refractivity contribution in [3.8, 4) is 16.9 Å². The Morgan fingerprint density at radius 3 is 2.50 bits per heavy atom. The van der Waals surface area contributed by atoms with E-state index < -0.39 is 0 Å². The van der Waals surface area contributed by atoms with Crippen LogP contribution in [-0.2, 0) is 0 Å². The van der Waals surface area contributed by atoms with Crippen LogP contribution in [0.2, 0.25) is 0 Å². The van der Waals surface area contributed by atoms with Gasteiger partial charge in [0.25, 0.3) is 0 Å². The van der Waals surface area contributed by atoms with Gasteiger partial charge in [-0.3, -0.25) is 4.98 Å². The number of aromatic nitrogens is 4. The summed E-state index contributed by atoms with van der Waals surface area (Å²) in [5.74, 6) is -0.258. The minimum absolute atomic E-state index is 0.258. The maximum absolute atomic E-state index is 13.1. The monoisotopic (exact) mass is 318 g/mol. The van der Waals surface area contributed by atoms with Crippen molar-refractivity contribution in [3.63, 3.8) is 0 Å². The van der Waals surface area contributed by atoms with Gasteiger partial charge in [0.05, 0.1) is 35.0 Å². The van der Waals surface area contributed by atoms with E-state index in [2.05, 4.69) is 27.2 Å². The van der Waals surface area contributed by atoms with Gasteiger partial charge in [0, 0.05) is 17.1 Å². The third-order valence-corrected chi connectivity index (χ3v) is 4.02. The highest BCUT2D eigenvalue weighted by molar-refractivity contribution is 5.86. The number of benzene rings is 2. The van der Waals surface area contributed by atoms with E-state index in [4.69, 9.17) is 0 Å². The maximum atomic E-state index is 13.1. The molecule has 0 saturated heterocycles. The van der Waals surface area contributed by atoms with E-state index >= 15 is 0 Å². The van der Waals surface area contributed by atoms with Crippen molar-refractivity contribution in [2.45, 2.75) is 13.8 Å². The van der Waals surface area contributed by atoms with Gasteiger partial charge >= 0.3 is 0 Å². The van der Waals surface area contributed by atoms with E-state index in [9.17, 15) is 4.39 Å². The second-order valence-corrected chi connectivity index (χ2v) is 5.80. The van der Waals surface area contributed by atoms with Crippen LogP contribution in [0.15, 0.2) is 55.0 Å². The summed E-state index contributed by atoms with van der Waals surface area (Å²) in [6.07, 6.45) is 5.32. The van der Waals surface area contributed by atoms with E-state index in [1.165, 1.54) is 12.1 Å². The highest BCUT2D eigenvalue weighted by Crippen LogP contribution is 2.28. The lowest BCUT2D eigenvalue weighted by Crippen LogP contribution is -1.97. The lowest BCUT2D eigenvalue weighted by molar-refractivity contribution is 0.627. The first-order valence-electron chi connectivity index (χ1n) is 7.65. The van der Waals surface area contributed by atoms with Crippen LogP contribution in [-0.4, -0.2) is 19.7 Å². The summed E-state index contributed by atoms with van der Waals surface area (Å²) in [5, 5.41) is 5.45. The highest BCUT2D eigenvalue weighted by Gasteiger charge is 2.11. The van der Waals surface area contributed by atoms with Gasteiger partial charge in [0.1, 0.15) is 5.82 Å². The quantitative estimate of drug-likeness (QED) is 0.555. The molecule has 4 aromatic rings. The minimum Gasteiger partial charge on any atom is -0.261 e. The fraction of sp³-hybridized carbons (Fsp3) is 0.105. The van der Waals surface area contributed by atoms with Gasteiger partial charge < -0.3 is 0 Å². The lowest BCUT2D eigenvalue weighted by atomic mass is 10.0. The fourth-order valence-corrected chi connectivity index (χ4v) is 2.84. The molecule has 2 heterocycles. The molecule has 24 heavy (non-hydrogen) atoms. The van der Waals surface area contributed by atoms with E-state index in [1.54, 1.807) is 24.5 Å². The number of nitrogens with zero attached hydrogens (tertiary/aromatic N) is 4. The Hall–Kier alpha value is -3.08. The van der Waals surface area contributed by atoms with Crippen LogP contribution in [0.3, 0.4) is 0 Å². The van der Waals surface area contributed by atoms with Crippen molar-refractivity contribution in [2.75, 3.05) is 0 Å². The van der Waals surface area contributed by atoms with Gasteiger partial charge in [-0.25, -0.2) is 14.1 Å². The predicted octanol–water partition coefficient (Wildman–Crippen LogP) is 4.24. The van der Waals surface area contributed by atoms with Crippen molar-refractivity contribution in [1.29, 1.82) is 0 Å². The second-order valence-electron chi connectivity index (χ2n) is 5.80. The van der Waals surface area contributed by atoms with Crippen molar-refractivity contribution in [1.82, 2.24) is 19.7 Å². The van der Waals surface area contributed by atoms with Gasteiger partial charge in [-0.15, -0.1) is 0 Å². The molecule has 0 amide bonds. The fourth-order valence-electron chi connectivity index (χ4n) is 2.84. The topological polar surface area (TPSA) is 43.6 Å². The highest BCUT2D eigenvalue weighted by atomic mass is 19.1. The van der Waals surface area contributed by atoms with Crippen molar-refractivity contribution in [3.05, 3.63) is 72.1 Å². The van der Waals surface area contributed by atoms with Crippen LogP contribution in [0.1, 0.15) is 11.3 Å². The average molecular weight is 318 g/mol. The molecule has 4 rings (SSSR count). The van der Waals surface area contributed by atoms with Crippen molar-refractivity contribution >= 4 is 10.9 Å². The number of hydrogen-bond donors (Lipinski definition) is 0. The number of aryl methyl sites for hydroxylation is 2. The van der Waals surface area contributed by atoms with Gasteiger partial charge in [-0.1, -0.05) is 0 Å². The molecule has 0 atom stereocenters. The van der Waals surface area contributed by atoms with Crippen LogP contribution in [0, 0.1) is 19.7 Å². The Bertz CT molecular complexity index is 1040. The molecule has 5 heteroatoms. The van der Waals surface area contributed by atoms with Gasteiger partial charge in [0.15, 0.2) is 0 Å². The molecule has 118 valence electrons. The number of halogens is 1. The van der Waals surface area contributed by atoms with Gasteiger partial charge in [0.2, 0.25) is 0 Å². The maximum Gasteiger partial charge on any atom is 0.123 e. The molecule has 2 aromatic carbocycles. The molecule has 0 radical (unpaired) electrons. The van der Waals surface area contributed by atoms with E-state index in [-0.39, 0.29) is 5.82 Å². The number of rotatable bonds is 2. The molecule has 0 aliphatic rings. The van der Waals surface area contributed by atoms with E-state index in [0.717, 1.165) is 39.1 Å². The third-order valence-electron chi connectivity index (χ3n) is 4.02. The lowest BCUT2D eigenvalue weighted by Gasteiger charge is -2.08. The zero-order valence-corrected chi connectivity index (χ0v) is 13.4. The first-order chi connectivity index (χ1) is 11.6. The summed E-state index contributed by atoms with van der Waals surface area (Å²) in [6, 6.07) is 10.5. The summed E-state index contributed by atoms with van der Waals surface area (Å²) in [6.45, 7) is 3.97. The molecule has 0 saturated carbocycles. The van der Waals surface area contributed by atoms with Crippen LogP contribution in [0.25, 0.3) is 27.8 Å². The Labute approximate surface area is 138 Å². The molecule has 2 aromatic heterocycles. The molecule has 0 bridgehead atoms. The Kier molecular flexibility index (Phi) is 3.34. The molecule has 0 spiro atoms. The Balaban J connectivity index is 1.88. The molecule has 0 N–H and O–H groups in total. The van der Waals surface area contributed by atoms with Crippen molar-refractivity contribution < 1.29 is 4.39 Å². The summed E-state index contributed by atoms with van der Waals surface area (Å²) in [5.41, 5.74) is 5.67. The zero-order valence-electron chi connectivity index (χ0n) is 13.4. The summed E-state index contributed by atoms with van der Waals surface area (Å²) in [4.78, 5) is 8.78. The standard InChI is InChI=1S/C19H15FN4/c1-12-7-19-14(8-17(12)18-11-21-9-13(2)23-18)10-22-24(19)16-5-3-15(20)4-6-16/h3-11H,1-2H3. The third kappa shape index (κ3) is 2.44. The van der Waals surface area contributed by atoms with Crippen LogP contribution < -0.4 is 0 Å². The smallest absolute Gasteiger partial charge is 0.123 e.